The van der Waals surface area contributed by atoms with Crippen LogP contribution < -0.4 is 0 Å². The second-order valence-electron chi connectivity index (χ2n) is 14.8. The average Bonchev–Trinajstić information content (AvgIpc) is 3.21. The van der Waals surface area contributed by atoms with Crippen LogP contribution in [0.25, 0.3) is 0 Å². The Morgan fingerprint density at radius 2 is 0.754 bits per heavy atom. The number of allylic oxidation sites excluding steroid dienone is 8. The van der Waals surface area contributed by atoms with E-state index in [1.54, 1.807) is 0 Å². The maximum Gasteiger partial charge on any atom is 0.305 e. The summed E-state index contributed by atoms with van der Waals surface area (Å²) in [5.41, 5.74) is 0. The zero-order valence-electron chi connectivity index (χ0n) is 37.0. The van der Waals surface area contributed by atoms with Crippen molar-refractivity contribution in [1.82, 2.24) is 0 Å². The largest absolute Gasteiger partial charge is 0.465 e. The lowest BCUT2D eigenvalue weighted by Crippen LogP contribution is -2.24. The van der Waals surface area contributed by atoms with Crippen molar-refractivity contribution in [2.24, 2.45) is 5.92 Å². The molecule has 0 aromatic heterocycles. The Balaban J connectivity index is 4.43. The molecule has 0 aromatic carbocycles. The Labute approximate surface area is 349 Å². The number of carbonyl (C=O) groups excluding carboxylic acids is 2. The van der Waals surface area contributed by atoms with Crippen molar-refractivity contribution in [3.63, 3.8) is 0 Å². The first-order chi connectivity index (χ1) is 28.0. The molecule has 0 amide bonds. The lowest BCUT2D eigenvalue weighted by atomic mass is 10.1. The molecular weight excluding hydrogens is 721 g/mol. The van der Waals surface area contributed by atoms with Crippen LogP contribution in [0, 0.1) is 5.92 Å². The summed E-state index contributed by atoms with van der Waals surface area (Å²) in [5.74, 6) is -1.10. The number of hydrogen-bond acceptors (Lipinski definition) is 9. The minimum Gasteiger partial charge on any atom is -0.465 e. The van der Waals surface area contributed by atoms with Crippen LogP contribution in [-0.2, 0) is 38.0 Å². The van der Waals surface area contributed by atoms with Gasteiger partial charge in [-0.1, -0.05) is 76.3 Å². The summed E-state index contributed by atoms with van der Waals surface area (Å²) >= 11 is 0. The van der Waals surface area contributed by atoms with Crippen molar-refractivity contribution in [2.45, 2.75) is 194 Å². The fraction of sp³-hybridized carbons (Fsp3) is 0.792. The van der Waals surface area contributed by atoms with Crippen LogP contribution in [0.5, 0.6) is 0 Å². The third-order valence-electron chi connectivity index (χ3n) is 9.24. The molecule has 0 aromatic rings. The Bertz CT molecular complexity index is 868. The highest BCUT2D eigenvalue weighted by Gasteiger charge is 2.16. The normalized spacial score (nSPS) is 12.3. The lowest BCUT2D eigenvalue weighted by Gasteiger charge is -2.19. The molecular formula is C48H86O9. The smallest absolute Gasteiger partial charge is 0.305 e. The SMILES string of the molecule is CC/C=C\CCCCOC(CCCCC(=O)OCC(CO)COC(=O)CCCCC(OCCCC/C=C\CC)OCCCC/C=C\CC)OCCCC/C=C\CC. The highest BCUT2D eigenvalue weighted by molar-refractivity contribution is 5.69. The van der Waals surface area contributed by atoms with Crippen LogP contribution in [0.2, 0.25) is 0 Å². The number of hydrogen-bond donors (Lipinski definition) is 1. The zero-order chi connectivity index (χ0) is 41.7. The quantitative estimate of drug-likeness (QED) is 0.0279. The summed E-state index contributed by atoms with van der Waals surface area (Å²) in [6, 6.07) is 0. The van der Waals surface area contributed by atoms with E-state index >= 15 is 0 Å². The molecule has 0 bridgehead atoms. The topological polar surface area (TPSA) is 110 Å². The first kappa shape index (κ1) is 54.7. The predicted molar refractivity (Wildman–Crippen MR) is 234 cm³/mol. The van der Waals surface area contributed by atoms with Gasteiger partial charge in [0.25, 0.3) is 0 Å². The number of rotatable bonds is 43. The summed E-state index contributed by atoms with van der Waals surface area (Å²) < 4.78 is 35.2. The first-order valence-corrected chi connectivity index (χ1v) is 23.0. The molecule has 0 saturated carbocycles. The Kier molecular flexibility index (Phi) is 43.0. The zero-order valence-corrected chi connectivity index (χ0v) is 37.0. The van der Waals surface area contributed by atoms with Crippen molar-refractivity contribution >= 4 is 11.9 Å². The van der Waals surface area contributed by atoms with E-state index in [0.29, 0.717) is 39.3 Å². The number of aliphatic hydroxyl groups excluding tert-OH is 1. The van der Waals surface area contributed by atoms with E-state index in [-0.39, 0.29) is 57.2 Å². The summed E-state index contributed by atoms with van der Waals surface area (Å²) in [6.07, 6.45) is 38.9. The van der Waals surface area contributed by atoms with Crippen LogP contribution >= 0.6 is 0 Å². The third-order valence-corrected chi connectivity index (χ3v) is 9.24. The van der Waals surface area contributed by atoms with E-state index in [1.807, 2.05) is 0 Å². The van der Waals surface area contributed by atoms with Crippen molar-refractivity contribution in [2.75, 3.05) is 46.2 Å². The summed E-state index contributed by atoms with van der Waals surface area (Å²) in [7, 11) is 0. The van der Waals surface area contributed by atoms with Gasteiger partial charge in [-0.2, -0.15) is 0 Å². The molecule has 1 N–H and O–H groups in total. The molecule has 0 aliphatic heterocycles. The molecule has 0 aliphatic carbocycles. The van der Waals surface area contributed by atoms with Crippen molar-refractivity contribution in [3.05, 3.63) is 48.6 Å². The molecule has 0 atom stereocenters. The molecule has 332 valence electrons. The molecule has 0 spiro atoms. The van der Waals surface area contributed by atoms with Gasteiger partial charge >= 0.3 is 11.9 Å². The van der Waals surface area contributed by atoms with Gasteiger partial charge in [-0.15, -0.1) is 0 Å². The molecule has 9 heteroatoms. The van der Waals surface area contributed by atoms with E-state index in [4.69, 9.17) is 28.4 Å². The summed E-state index contributed by atoms with van der Waals surface area (Å²) in [5, 5.41) is 9.82. The predicted octanol–water partition coefficient (Wildman–Crippen LogP) is 12.1. The number of unbranched alkanes of at least 4 members (excludes halogenated alkanes) is 10. The standard InChI is InChI=1S/C48H86O9/c1-5-9-13-17-21-29-37-52-47(53-38-30-22-18-14-10-6-2)35-27-25-33-45(50)56-42-44(41-49)43-57-46(51)34-26-28-36-48(54-39-31-23-19-15-11-7-3)55-40-32-24-20-16-12-8-4/h9-16,44,47-49H,5-8,17-43H2,1-4H3/b13-9-,14-10-,15-11-,16-12-. The Hall–Kier alpha value is -2.30. The first-order valence-electron chi connectivity index (χ1n) is 23.0. The molecule has 57 heavy (non-hydrogen) atoms. The second-order valence-corrected chi connectivity index (χ2v) is 14.8. The van der Waals surface area contributed by atoms with E-state index in [1.165, 1.54) is 0 Å². The summed E-state index contributed by atoms with van der Waals surface area (Å²) in [6.45, 7) is 11.0. The van der Waals surface area contributed by atoms with Gasteiger partial charge in [0.1, 0.15) is 0 Å². The fourth-order valence-corrected chi connectivity index (χ4v) is 5.76. The van der Waals surface area contributed by atoms with Crippen LogP contribution in [0.3, 0.4) is 0 Å². The van der Waals surface area contributed by atoms with E-state index in [9.17, 15) is 14.7 Å². The Morgan fingerprint density at radius 1 is 0.439 bits per heavy atom. The Morgan fingerprint density at radius 3 is 1.04 bits per heavy atom. The van der Waals surface area contributed by atoms with Gasteiger partial charge in [-0.25, -0.2) is 0 Å². The van der Waals surface area contributed by atoms with Crippen LogP contribution in [-0.4, -0.2) is 75.9 Å². The number of ether oxygens (including phenoxy) is 6. The minimum absolute atomic E-state index is 0.0124. The molecule has 9 nitrogen and oxygen atoms in total. The van der Waals surface area contributed by atoms with Crippen LogP contribution in [0.1, 0.15) is 182 Å². The van der Waals surface area contributed by atoms with Crippen LogP contribution in [0.4, 0.5) is 0 Å². The second kappa shape index (κ2) is 44.8. The van der Waals surface area contributed by atoms with Crippen molar-refractivity contribution in [3.8, 4) is 0 Å². The van der Waals surface area contributed by atoms with Crippen LogP contribution in [0.15, 0.2) is 48.6 Å². The average molecular weight is 807 g/mol. The van der Waals surface area contributed by atoms with Gasteiger partial charge < -0.3 is 33.5 Å². The molecule has 0 saturated heterocycles. The van der Waals surface area contributed by atoms with E-state index in [0.717, 1.165) is 128 Å². The maximum absolute atomic E-state index is 12.5. The van der Waals surface area contributed by atoms with Gasteiger partial charge in [0, 0.05) is 39.3 Å². The molecule has 0 unspecified atom stereocenters. The third kappa shape index (κ3) is 40.3. The van der Waals surface area contributed by atoms with Crippen molar-refractivity contribution < 1.29 is 43.1 Å². The molecule has 0 radical (unpaired) electrons. The highest BCUT2D eigenvalue weighted by Crippen LogP contribution is 2.14. The minimum atomic E-state index is -0.458. The van der Waals surface area contributed by atoms with E-state index in [2.05, 4.69) is 76.3 Å². The van der Waals surface area contributed by atoms with Gasteiger partial charge in [0.15, 0.2) is 12.6 Å². The molecule has 0 rings (SSSR count). The summed E-state index contributed by atoms with van der Waals surface area (Å²) in [4.78, 5) is 25.0. The monoisotopic (exact) mass is 807 g/mol. The number of aliphatic hydroxyl groups is 1. The van der Waals surface area contributed by atoms with Crippen molar-refractivity contribution in [1.29, 1.82) is 0 Å². The molecule has 0 heterocycles. The maximum atomic E-state index is 12.5. The lowest BCUT2D eigenvalue weighted by molar-refractivity contribution is -0.152. The number of carbonyl (C=O) groups is 2. The molecule has 0 aliphatic rings. The van der Waals surface area contributed by atoms with Gasteiger partial charge in [-0.05, 0) is 141 Å². The van der Waals surface area contributed by atoms with Gasteiger partial charge in [0.2, 0.25) is 0 Å². The van der Waals surface area contributed by atoms with E-state index < -0.39 is 5.92 Å². The number of esters is 2. The molecule has 0 fully saturated rings. The van der Waals surface area contributed by atoms with Gasteiger partial charge in [-0.3, -0.25) is 9.59 Å². The fourth-order valence-electron chi connectivity index (χ4n) is 5.76. The van der Waals surface area contributed by atoms with Gasteiger partial charge in [0.05, 0.1) is 25.7 Å². The highest BCUT2D eigenvalue weighted by atomic mass is 16.7.